The standard InChI is InChI=1S/C39H28N4O/c1-41-38-34-11-5-6-12-37(34)44-39(38)42-21-7-8-30(25-42)28-16-14-27(15-17-28)29-18-20-33-32-19-13-26(24-40)22-35(32)43(36(33)23-29)31-9-3-2-4-10-31/h2-9,11-20,22-23,25,31H,1,10,21H2. The molecule has 1 aliphatic heterocycles. The molecule has 44 heavy (non-hydrogen) atoms. The summed E-state index contributed by atoms with van der Waals surface area (Å²) in [5.74, 6) is 0.702. The predicted octanol–water partition coefficient (Wildman–Crippen LogP) is 9.89. The predicted molar refractivity (Wildman–Crippen MR) is 181 cm³/mol. The fourth-order valence-corrected chi connectivity index (χ4v) is 6.50. The summed E-state index contributed by atoms with van der Waals surface area (Å²) in [5, 5.41) is 12.9. The first-order valence-electron chi connectivity index (χ1n) is 14.8. The zero-order chi connectivity index (χ0) is 29.6. The third-order valence-corrected chi connectivity index (χ3v) is 8.64. The van der Waals surface area contributed by atoms with Crippen molar-refractivity contribution in [2.24, 2.45) is 4.99 Å². The molecule has 4 aromatic carbocycles. The van der Waals surface area contributed by atoms with Crippen molar-refractivity contribution >= 4 is 56.6 Å². The number of fused-ring (bicyclic) bond motifs is 4. The maximum Gasteiger partial charge on any atom is 0.226 e. The molecule has 5 heteroatoms. The number of anilines is 1. The maximum absolute atomic E-state index is 9.60. The van der Waals surface area contributed by atoms with Gasteiger partial charge in [-0.25, -0.2) is 0 Å². The van der Waals surface area contributed by atoms with E-state index in [1.807, 2.05) is 36.4 Å². The number of hydrogen-bond acceptors (Lipinski definition) is 4. The quantitative estimate of drug-likeness (QED) is 0.195. The zero-order valence-electron chi connectivity index (χ0n) is 24.0. The van der Waals surface area contributed by atoms with E-state index in [0.29, 0.717) is 18.0 Å². The first kappa shape index (κ1) is 25.8. The number of aliphatic imine (C=N–C) groups is 1. The van der Waals surface area contributed by atoms with Crippen molar-refractivity contribution in [1.82, 2.24) is 4.57 Å². The highest BCUT2D eigenvalue weighted by atomic mass is 16.4. The van der Waals surface area contributed by atoms with Crippen molar-refractivity contribution in [3.8, 4) is 17.2 Å². The van der Waals surface area contributed by atoms with E-state index < -0.39 is 0 Å². The molecule has 3 heterocycles. The third-order valence-electron chi connectivity index (χ3n) is 8.64. The Hall–Kier alpha value is -5.86. The molecule has 0 saturated carbocycles. The van der Waals surface area contributed by atoms with E-state index >= 15 is 0 Å². The lowest BCUT2D eigenvalue weighted by atomic mass is 9.98. The van der Waals surface area contributed by atoms with Crippen LogP contribution in [0.3, 0.4) is 0 Å². The van der Waals surface area contributed by atoms with Crippen LogP contribution in [0, 0.1) is 11.3 Å². The molecule has 6 aromatic rings. The summed E-state index contributed by atoms with van der Waals surface area (Å²) in [6, 6.07) is 31.9. The van der Waals surface area contributed by atoms with Gasteiger partial charge in [-0.1, -0.05) is 91.1 Å². The van der Waals surface area contributed by atoms with Crippen LogP contribution in [0.25, 0.3) is 49.5 Å². The minimum Gasteiger partial charge on any atom is -0.438 e. The first-order valence-corrected chi connectivity index (χ1v) is 14.8. The van der Waals surface area contributed by atoms with Crippen molar-refractivity contribution < 1.29 is 4.42 Å². The largest absolute Gasteiger partial charge is 0.438 e. The van der Waals surface area contributed by atoms with Crippen LogP contribution in [-0.2, 0) is 0 Å². The van der Waals surface area contributed by atoms with E-state index in [2.05, 4.69) is 118 Å². The van der Waals surface area contributed by atoms with Gasteiger partial charge >= 0.3 is 0 Å². The highest BCUT2D eigenvalue weighted by molar-refractivity contribution is 6.09. The number of nitrogens with zero attached hydrogens (tertiary/aromatic N) is 4. The highest BCUT2D eigenvalue weighted by Gasteiger charge is 2.21. The highest BCUT2D eigenvalue weighted by Crippen LogP contribution is 2.41. The lowest BCUT2D eigenvalue weighted by Gasteiger charge is -2.21. The Kier molecular flexibility index (Phi) is 6.13. The number of allylic oxidation sites excluding steroid dienone is 6. The lowest BCUT2D eigenvalue weighted by Crippen LogP contribution is -2.18. The molecule has 2 aliphatic rings. The molecule has 1 aliphatic carbocycles. The van der Waals surface area contributed by atoms with Gasteiger partial charge in [-0.2, -0.15) is 5.26 Å². The van der Waals surface area contributed by atoms with E-state index in [4.69, 9.17) is 4.42 Å². The van der Waals surface area contributed by atoms with Gasteiger partial charge in [-0.3, -0.25) is 4.99 Å². The summed E-state index contributed by atoms with van der Waals surface area (Å²) in [5.41, 5.74) is 9.03. The molecule has 0 saturated heterocycles. The SMILES string of the molecule is C=Nc1c(N2C=C(c3ccc(-c4ccc5c6ccc(C#N)cc6n(C6C=CC=CC6)c5c4)cc3)C=CC2)oc2ccccc12. The Labute approximate surface area is 255 Å². The van der Waals surface area contributed by atoms with E-state index in [0.717, 1.165) is 50.9 Å². The second-order valence-electron chi connectivity index (χ2n) is 11.2. The lowest BCUT2D eigenvalue weighted by molar-refractivity contribution is 0.610. The van der Waals surface area contributed by atoms with Crippen LogP contribution in [0.15, 0.2) is 137 Å². The molecule has 0 amide bonds. The van der Waals surface area contributed by atoms with Crippen LogP contribution in [-0.4, -0.2) is 17.8 Å². The van der Waals surface area contributed by atoms with Crippen LogP contribution in [0.5, 0.6) is 0 Å². The van der Waals surface area contributed by atoms with Crippen molar-refractivity contribution in [3.05, 3.63) is 139 Å². The van der Waals surface area contributed by atoms with E-state index in [-0.39, 0.29) is 6.04 Å². The van der Waals surface area contributed by atoms with E-state index in [1.165, 1.54) is 16.3 Å². The van der Waals surface area contributed by atoms with Crippen molar-refractivity contribution in [2.75, 3.05) is 11.4 Å². The second kappa shape index (κ2) is 10.4. The molecule has 0 bridgehead atoms. The maximum atomic E-state index is 9.60. The average molecular weight is 569 g/mol. The number of para-hydroxylation sites is 1. The van der Waals surface area contributed by atoms with E-state index in [1.54, 1.807) is 0 Å². The minimum atomic E-state index is 0.197. The fraction of sp³-hybridized carbons (Fsp3) is 0.0769. The first-order chi connectivity index (χ1) is 21.7. The van der Waals surface area contributed by atoms with Crippen LogP contribution >= 0.6 is 0 Å². The van der Waals surface area contributed by atoms with Gasteiger partial charge in [0.2, 0.25) is 5.88 Å². The van der Waals surface area contributed by atoms with Gasteiger partial charge in [0.25, 0.3) is 0 Å². The van der Waals surface area contributed by atoms with Crippen molar-refractivity contribution in [2.45, 2.75) is 12.5 Å². The number of benzene rings is 4. The smallest absolute Gasteiger partial charge is 0.226 e. The normalized spacial score (nSPS) is 16.1. The van der Waals surface area contributed by atoms with Gasteiger partial charge in [-0.05, 0) is 65.7 Å². The number of rotatable bonds is 5. The van der Waals surface area contributed by atoms with Crippen LogP contribution < -0.4 is 4.90 Å². The molecule has 8 rings (SSSR count). The van der Waals surface area contributed by atoms with Gasteiger partial charge in [0, 0.05) is 28.9 Å². The third kappa shape index (κ3) is 4.20. The Morgan fingerprint density at radius 2 is 1.59 bits per heavy atom. The Balaban J connectivity index is 1.16. The van der Waals surface area contributed by atoms with Gasteiger partial charge in [0.1, 0.15) is 11.3 Å². The molecule has 0 N–H and O–H groups in total. The molecule has 2 aromatic heterocycles. The van der Waals surface area contributed by atoms with Gasteiger partial charge < -0.3 is 13.9 Å². The molecule has 0 radical (unpaired) electrons. The van der Waals surface area contributed by atoms with Crippen LogP contribution in [0.4, 0.5) is 11.6 Å². The van der Waals surface area contributed by atoms with Crippen molar-refractivity contribution in [1.29, 1.82) is 5.26 Å². The van der Waals surface area contributed by atoms with Gasteiger partial charge in [0.05, 0.1) is 28.7 Å². The fourth-order valence-electron chi connectivity index (χ4n) is 6.50. The molecule has 0 fully saturated rings. The molecule has 1 unspecified atom stereocenters. The minimum absolute atomic E-state index is 0.197. The summed E-state index contributed by atoms with van der Waals surface area (Å²) >= 11 is 0. The summed E-state index contributed by atoms with van der Waals surface area (Å²) in [4.78, 5) is 6.38. The molecular weight excluding hydrogens is 540 g/mol. The Bertz CT molecular complexity index is 2270. The molecular formula is C39H28N4O. The Morgan fingerprint density at radius 3 is 2.39 bits per heavy atom. The molecule has 0 spiro atoms. The van der Waals surface area contributed by atoms with Crippen LogP contribution in [0.1, 0.15) is 23.6 Å². The second-order valence-corrected chi connectivity index (χ2v) is 11.2. The number of aromatic nitrogens is 1. The van der Waals surface area contributed by atoms with Crippen molar-refractivity contribution in [3.63, 3.8) is 0 Å². The molecule has 5 nitrogen and oxygen atoms in total. The topological polar surface area (TPSA) is 57.5 Å². The van der Waals surface area contributed by atoms with Crippen LogP contribution in [0.2, 0.25) is 0 Å². The molecule has 1 atom stereocenters. The monoisotopic (exact) mass is 568 g/mol. The van der Waals surface area contributed by atoms with E-state index in [9.17, 15) is 5.26 Å². The molecule has 210 valence electrons. The summed E-state index contributed by atoms with van der Waals surface area (Å²) in [7, 11) is 0. The van der Waals surface area contributed by atoms with Gasteiger partial charge in [-0.15, -0.1) is 0 Å². The summed E-state index contributed by atoms with van der Waals surface area (Å²) in [6.45, 7) is 4.49. The summed E-state index contributed by atoms with van der Waals surface area (Å²) < 4.78 is 8.59. The van der Waals surface area contributed by atoms with Gasteiger partial charge in [0.15, 0.2) is 0 Å². The Morgan fingerprint density at radius 1 is 0.818 bits per heavy atom. The summed E-state index contributed by atoms with van der Waals surface area (Å²) in [6.07, 6.45) is 16.0. The average Bonchev–Trinajstić information content (AvgIpc) is 3.63. The number of hydrogen-bond donors (Lipinski definition) is 0. The number of nitriles is 1. The number of furan rings is 1. The zero-order valence-corrected chi connectivity index (χ0v) is 24.0.